The number of tetrazole rings is 1. The topological polar surface area (TPSA) is 78.7 Å². The lowest BCUT2D eigenvalue weighted by atomic mass is 10.2. The molecule has 2 aromatic carbocycles. The van der Waals surface area contributed by atoms with Crippen molar-refractivity contribution in [3.63, 3.8) is 0 Å². The predicted octanol–water partition coefficient (Wildman–Crippen LogP) is 2.30. The van der Waals surface area contributed by atoms with Crippen LogP contribution in [-0.4, -0.2) is 19.8 Å². The summed E-state index contributed by atoms with van der Waals surface area (Å²) in [6, 6.07) is 6.62. The predicted molar refractivity (Wildman–Crippen MR) is 85.2 cm³/mol. The monoisotopic (exact) mass is 351 g/mol. The van der Waals surface area contributed by atoms with Gasteiger partial charge in [0, 0.05) is 28.4 Å². The maximum atomic E-state index is 13.7. The normalized spacial score (nSPS) is 11.0. The molecule has 0 atom stereocenters. The van der Waals surface area contributed by atoms with Crippen molar-refractivity contribution in [2.75, 3.05) is 5.73 Å². The molecule has 2 N–H and O–H groups in total. The number of nitrogens with zero attached hydrogens (tertiary/aromatic N) is 4. The standard InChI is InChI=1S/C15H12ClF2N5O/c1-8-13(18)4-10(17)5-14(8)23-15(24)22(20-21-23)7-9-2-3-11(19)6-12(9)16/h2-6H,7,19H2,1H3. The zero-order valence-corrected chi connectivity index (χ0v) is 13.3. The Labute approximate surface area is 140 Å². The van der Waals surface area contributed by atoms with Gasteiger partial charge in [-0.05, 0) is 35.0 Å². The Kier molecular flexibility index (Phi) is 4.06. The molecule has 0 bridgehead atoms. The SMILES string of the molecule is Cc1c(F)cc(F)cc1-n1nnn(Cc2ccc(N)cc2Cl)c1=O. The van der Waals surface area contributed by atoms with Gasteiger partial charge in [-0.1, -0.05) is 17.7 Å². The largest absolute Gasteiger partial charge is 0.399 e. The van der Waals surface area contributed by atoms with E-state index in [4.69, 9.17) is 17.3 Å². The van der Waals surface area contributed by atoms with Crippen molar-refractivity contribution < 1.29 is 8.78 Å². The summed E-state index contributed by atoms with van der Waals surface area (Å²) in [5, 5.41) is 7.80. The molecule has 0 radical (unpaired) electrons. The second kappa shape index (κ2) is 6.04. The van der Waals surface area contributed by atoms with Crippen molar-refractivity contribution in [2.45, 2.75) is 13.5 Å². The summed E-state index contributed by atoms with van der Waals surface area (Å²) in [5.41, 5.74) is 6.17. The fourth-order valence-electron chi connectivity index (χ4n) is 2.23. The lowest BCUT2D eigenvalue weighted by molar-refractivity contribution is 0.572. The smallest absolute Gasteiger partial charge is 0.368 e. The molecule has 3 rings (SSSR count). The van der Waals surface area contributed by atoms with Gasteiger partial charge in [0.15, 0.2) is 0 Å². The van der Waals surface area contributed by atoms with Gasteiger partial charge in [-0.2, -0.15) is 9.36 Å². The Bertz CT molecular complexity index is 982. The highest BCUT2D eigenvalue weighted by Gasteiger charge is 2.15. The summed E-state index contributed by atoms with van der Waals surface area (Å²) < 4.78 is 29.0. The number of nitrogens with two attached hydrogens (primary N) is 1. The van der Waals surface area contributed by atoms with Crippen LogP contribution in [0.1, 0.15) is 11.1 Å². The molecule has 0 fully saturated rings. The van der Waals surface area contributed by atoms with E-state index in [1.54, 1.807) is 18.2 Å². The summed E-state index contributed by atoms with van der Waals surface area (Å²) in [4.78, 5) is 12.4. The number of hydrogen-bond acceptors (Lipinski definition) is 4. The number of halogens is 3. The van der Waals surface area contributed by atoms with E-state index in [-0.39, 0.29) is 17.8 Å². The molecule has 6 nitrogen and oxygen atoms in total. The van der Waals surface area contributed by atoms with Gasteiger partial charge in [-0.3, -0.25) is 0 Å². The van der Waals surface area contributed by atoms with Crippen LogP contribution in [0.25, 0.3) is 5.69 Å². The Morgan fingerprint density at radius 2 is 1.96 bits per heavy atom. The molecule has 0 aliphatic carbocycles. The first kappa shape index (κ1) is 16.1. The summed E-state index contributed by atoms with van der Waals surface area (Å²) in [6.07, 6.45) is 0. The van der Waals surface area contributed by atoms with Crippen molar-refractivity contribution in [2.24, 2.45) is 0 Å². The zero-order chi connectivity index (χ0) is 17.4. The van der Waals surface area contributed by atoms with E-state index < -0.39 is 17.3 Å². The van der Waals surface area contributed by atoms with Crippen molar-refractivity contribution >= 4 is 17.3 Å². The Balaban J connectivity index is 2.02. The molecule has 9 heteroatoms. The maximum Gasteiger partial charge on any atom is 0.368 e. The van der Waals surface area contributed by atoms with Crippen LogP contribution in [-0.2, 0) is 6.54 Å². The minimum Gasteiger partial charge on any atom is -0.399 e. The molecule has 0 saturated heterocycles. The van der Waals surface area contributed by atoms with Gasteiger partial charge >= 0.3 is 5.69 Å². The summed E-state index contributed by atoms with van der Waals surface area (Å²) in [5.74, 6) is -1.58. The van der Waals surface area contributed by atoms with Gasteiger partial charge in [-0.15, -0.1) is 0 Å². The van der Waals surface area contributed by atoms with Crippen LogP contribution in [0.5, 0.6) is 0 Å². The van der Waals surface area contributed by atoms with E-state index >= 15 is 0 Å². The van der Waals surface area contributed by atoms with Crippen LogP contribution >= 0.6 is 11.6 Å². The van der Waals surface area contributed by atoms with Crippen LogP contribution in [0.2, 0.25) is 5.02 Å². The third-order valence-corrected chi connectivity index (χ3v) is 3.90. The summed E-state index contributed by atoms with van der Waals surface area (Å²) in [6.45, 7) is 1.47. The third-order valence-electron chi connectivity index (χ3n) is 3.55. The highest BCUT2D eigenvalue weighted by atomic mass is 35.5. The van der Waals surface area contributed by atoms with Gasteiger partial charge in [0.1, 0.15) is 11.6 Å². The highest BCUT2D eigenvalue weighted by Crippen LogP contribution is 2.20. The van der Waals surface area contributed by atoms with Gasteiger partial charge in [0.05, 0.1) is 12.2 Å². The van der Waals surface area contributed by atoms with E-state index in [1.165, 1.54) is 6.92 Å². The minimum atomic E-state index is -0.809. The first-order valence-corrected chi connectivity index (χ1v) is 7.27. The van der Waals surface area contributed by atoms with Gasteiger partial charge in [-0.25, -0.2) is 13.6 Å². The molecule has 1 heterocycles. The lowest BCUT2D eigenvalue weighted by Gasteiger charge is -2.05. The van der Waals surface area contributed by atoms with E-state index in [0.29, 0.717) is 16.3 Å². The van der Waals surface area contributed by atoms with E-state index in [9.17, 15) is 13.6 Å². The van der Waals surface area contributed by atoms with Gasteiger partial charge < -0.3 is 5.73 Å². The first-order chi connectivity index (χ1) is 11.4. The molecular weight excluding hydrogens is 340 g/mol. The molecular formula is C15H12ClF2N5O. The average Bonchev–Trinajstić information content (AvgIpc) is 2.87. The summed E-state index contributed by atoms with van der Waals surface area (Å²) >= 11 is 6.07. The van der Waals surface area contributed by atoms with Crippen molar-refractivity contribution in [3.8, 4) is 5.69 Å². The lowest BCUT2D eigenvalue weighted by Crippen LogP contribution is -2.25. The van der Waals surface area contributed by atoms with Crippen molar-refractivity contribution in [1.29, 1.82) is 0 Å². The van der Waals surface area contributed by atoms with Crippen LogP contribution in [0.3, 0.4) is 0 Å². The third kappa shape index (κ3) is 2.88. The molecule has 24 heavy (non-hydrogen) atoms. The number of hydrogen-bond donors (Lipinski definition) is 1. The fourth-order valence-corrected chi connectivity index (χ4v) is 2.48. The van der Waals surface area contributed by atoms with Crippen LogP contribution in [0, 0.1) is 18.6 Å². The second-order valence-electron chi connectivity index (χ2n) is 5.21. The first-order valence-electron chi connectivity index (χ1n) is 6.89. The molecule has 0 amide bonds. The Morgan fingerprint density at radius 1 is 1.21 bits per heavy atom. The highest BCUT2D eigenvalue weighted by molar-refractivity contribution is 6.31. The fraction of sp³-hybridized carbons (Fsp3) is 0.133. The molecule has 3 aromatic rings. The maximum absolute atomic E-state index is 13.7. The summed E-state index contributed by atoms with van der Waals surface area (Å²) in [7, 11) is 0. The van der Waals surface area contributed by atoms with Crippen LogP contribution < -0.4 is 11.4 Å². The Morgan fingerprint density at radius 3 is 2.67 bits per heavy atom. The molecule has 124 valence electrons. The van der Waals surface area contributed by atoms with Crippen molar-refractivity contribution in [1.82, 2.24) is 19.8 Å². The Hall–Kier alpha value is -2.74. The molecule has 1 aromatic heterocycles. The minimum absolute atomic E-state index is 0.00727. The molecule has 0 spiro atoms. The van der Waals surface area contributed by atoms with E-state index in [0.717, 1.165) is 21.5 Å². The average molecular weight is 352 g/mol. The van der Waals surface area contributed by atoms with Crippen LogP contribution in [0.15, 0.2) is 35.1 Å². The number of benzene rings is 2. The van der Waals surface area contributed by atoms with Gasteiger partial charge in [0.25, 0.3) is 0 Å². The quantitative estimate of drug-likeness (QED) is 0.734. The molecule has 0 aliphatic rings. The number of aromatic nitrogens is 4. The van der Waals surface area contributed by atoms with E-state index in [2.05, 4.69) is 10.4 Å². The molecule has 0 saturated carbocycles. The number of nitrogen functional groups attached to an aromatic ring is 1. The van der Waals surface area contributed by atoms with E-state index in [1.807, 2.05) is 0 Å². The van der Waals surface area contributed by atoms with Gasteiger partial charge in [0.2, 0.25) is 0 Å². The molecule has 0 aliphatic heterocycles. The zero-order valence-electron chi connectivity index (χ0n) is 12.5. The number of rotatable bonds is 3. The van der Waals surface area contributed by atoms with Crippen LogP contribution in [0.4, 0.5) is 14.5 Å². The molecule has 0 unspecified atom stereocenters. The second-order valence-corrected chi connectivity index (χ2v) is 5.62. The van der Waals surface area contributed by atoms with Crippen molar-refractivity contribution in [3.05, 3.63) is 68.6 Å². The number of anilines is 1.